The molecular formula is C14H29NO5. The minimum absolute atomic E-state index is 0.0212. The number of aliphatic hydroxyl groups is 5. The van der Waals surface area contributed by atoms with Crippen LogP contribution in [-0.4, -0.2) is 71.2 Å². The van der Waals surface area contributed by atoms with Crippen LogP contribution in [0.1, 0.15) is 19.3 Å². The van der Waals surface area contributed by atoms with E-state index in [1.54, 1.807) is 0 Å². The molecular weight excluding hydrogens is 262 g/mol. The van der Waals surface area contributed by atoms with Crippen molar-refractivity contribution in [2.75, 3.05) is 39.6 Å². The van der Waals surface area contributed by atoms with Crippen LogP contribution >= 0.6 is 0 Å². The Hall–Kier alpha value is -0.240. The van der Waals surface area contributed by atoms with E-state index < -0.39 is 0 Å². The second-order valence-electron chi connectivity index (χ2n) is 5.77. The van der Waals surface area contributed by atoms with Gasteiger partial charge in [0, 0.05) is 39.0 Å². The summed E-state index contributed by atoms with van der Waals surface area (Å²) in [5.41, 5.74) is 0. The first-order valence-electron chi connectivity index (χ1n) is 7.49. The van der Waals surface area contributed by atoms with Crippen molar-refractivity contribution in [2.45, 2.75) is 25.3 Å². The van der Waals surface area contributed by atoms with Gasteiger partial charge in [-0.05, 0) is 42.9 Å². The predicted molar refractivity (Wildman–Crippen MR) is 75.0 cm³/mol. The van der Waals surface area contributed by atoms with Crippen LogP contribution < -0.4 is 5.32 Å². The average molecular weight is 291 g/mol. The number of nitrogens with one attached hydrogen (secondary N) is 1. The summed E-state index contributed by atoms with van der Waals surface area (Å²) in [7, 11) is 0. The van der Waals surface area contributed by atoms with E-state index in [1.165, 1.54) is 0 Å². The topological polar surface area (TPSA) is 113 Å². The molecule has 1 aliphatic carbocycles. The molecule has 1 aliphatic rings. The molecule has 0 bridgehead atoms. The molecule has 1 rings (SSSR count). The fourth-order valence-electron chi connectivity index (χ4n) is 3.45. The molecule has 6 N–H and O–H groups in total. The van der Waals surface area contributed by atoms with Gasteiger partial charge in [0.1, 0.15) is 0 Å². The van der Waals surface area contributed by atoms with Gasteiger partial charge in [0.15, 0.2) is 0 Å². The zero-order valence-electron chi connectivity index (χ0n) is 12.0. The lowest BCUT2D eigenvalue weighted by atomic mass is 9.70. The quantitative estimate of drug-likeness (QED) is 0.342. The molecule has 0 radical (unpaired) electrons. The van der Waals surface area contributed by atoms with Crippen LogP contribution in [0.15, 0.2) is 0 Å². The van der Waals surface area contributed by atoms with Crippen molar-refractivity contribution in [2.24, 2.45) is 23.7 Å². The van der Waals surface area contributed by atoms with Crippen LogP contribution in [0.3, 0.4) is 0 Å². The Kier molecular flexibility index (Phi) is 8.60. The average Bonchev–Trinajstić information content (AvgIpc) is 2.46. The molecule has 0 saturated heterocycles. The monoisotopic (exact) mass is 291 g/mol. The number of aliphatic hydroxyl groups excluding tert-OH is 5. The van der Waals surface area contributed by atoms with Crippen molar-refractivity contribution < 1.29 is 25.5 Å². The third kappa shape index (κ3) is 4.65. The second-order valence-corrected chi connectivity index (χ2v) is 5.77. The van der Waals surface area contributed by atoms with Gasteiger partial charge in [0.2, 0.25) is 0 Å². The zero-order chi connectivity index (χ0) is 15.0. The third-order valence-electron chi connectivity index (χ3n) is 4.67. The van der Waals surface area contributed by atoms with E-state index in [2.05, 4.69) is 5.32 Å². The molecule has 0 aromatic carbocycles. The Labute approximate surface area is 120 Å². The zero-order valence-corrected chi connectivity index (χ0v) is 12.0. The van der Waals surface area contributed by atoms with E-state index in [4.69, 9.17) is 5.11 Å². The summed E-state index contributed by atoms with van der Waals surface area (Å²) in [6.07, 6.45) is 2.30. The molecule has 5 atom stereocenters. The molecule has 0 amide bonds. The highest BCUT2D eigenvalue weighted by atomic mass is 16.3. The first-order chi connectivity index (χ1) is 9.71. The van der Waals surface area contributed by atoms with Gasteiger partial charge in [0.05, 0.1) is 6.61 Å². The van der Waals surface area contributed by atoms with Crippen molar-refractivity contribution >= 4 is 0 Å². The van der Waals surface area contributed by atoms with Crippen LogP contribution in [0.5, 0.6) is 0 Å². The first kappa shape index (κ1) is 17.8. The number of hydrogen-bond donors (Lipinski definition) is 6. The van der Waals surface area contributed by atoms with Gasteiger partial charge in [-0.1, -0.05) is 0 Å². The van der Waals surface area contributed by atoms with Crippen molar-refractivity contribution in [3.8, 4) is 0 Å². The minimum Gasteiger partial charge on any atom is -0.396 e. The summed E-state index contributed by atoms with van der Waals surface area (Å²) in [4.78, 5) is 0. The smallest absolute Gasteiger partial charge is 0.0556 e. The Bertz CT molecular complexity index is 254. The summed E-state index contributed by atoms with van der Waals surface area (Å²) in [6, 6.07) is 0.155. The van der Waals surface area contributed by atoms with Crippen LogP contribution in [0.4, 0.5) is 0 Å². The van der Waals surface area contributed by atoms with Crippen LogP contribution in [0.2, 0.25) is 0 Å². The fourth-order valence-corrected chi connectivity index (χ4v) is 3.45. The van der Waals surface area contributed by atoms with Gasteiger partial charge in [-0.2, -0.15) is 0 Å². The maximum atomic E-state index is 9.62. The predicted octanol–water partition coefficient (Wildman–Crippen LogP) is -1.45. The summed E-state index contributed by atoms with van der Waals surface area (Å²) < 4.78 is 0. The molecule has 6 nitrogen and oxygen atoms in total. The Morgan fingerprint density at radius 2 is 1.35 bits per heavy atom. The van der Waals surface area contributed by atoms with Gasteiger partial charge < -0.3 is 30.8 Å². The Balaban J connectivity index is 2.82. The van der Waals surface area contributed by atoms with Crippen molar-refractivity contribution in [1.29, 1.82) is 0 Å². The molecule has 6 heteroatoms. The standard InChI is InChI=1S/C14H29NO5/c16-4-3-15-12-2-1-10(6-17)13(8-19)14(9-20)11(5-12)7-18/h10-20H,1-9H2/t10-,11-,12?,13+,14+/m0/s1. The van der Waals surface area contributed by atoms with Gasteiger partial charge in [0.25, 0.3) is 0 Å². The highest BCUT2D eigenvalue weighted by Crippen LogP contribution is 2.35. The highest BCUT2D eigenvalue weighted by molar-refractivity contribution is 4.87. The lowest BCUT2D eigenvalue weighted by Gasteiger charge is -2.39. The van der Waals surface area contributed by atoms with Gasteiger partial charge in [-0.3, -0.25) is 0 Å². The molecule has 20 heavy (non-hydrogen) atoms. The van der Waals surface area contributed by atoms with Crippen LogP contribution in [0, 0.1) is 23.7 Å². The fraction of sp³-hybridized carbons (Fsp3) is 1.00. The van der Waals surface area contributed by atoms with Crippen molar-refractivity contribution in [1.82, 2.24) is 5.32 Å². The van der Waals surface area contributed by atoms with Crippen molar-refractivity contribution in [3.05, 3.63) is 0 Å². The highest BCUT2D eigenvalue weighted by Gasteiger charge is 2.36. The molecule has 1 unspecified atom stereocenters. The van der Waals surface area contributed by atoms with Gasteiger partial charge >= 0.3 is 0 Å². The van der Waals surface area contributed by atoms with Gasteiger partial charge in [-0.25, -0.2) is 0 Å². The summed E-state index contributed by atoms with van der Waals surface area (Å²) >= 11 is 0. The van der Waals surface area contributed by atoms with E-state index in [1.807, 2.05) is 0 Å². The molecule has 0 aromatic heterocycles. The molecule has 0 aromatic rings. The maximum Gasteiger partial charge on any atom is 0.0556 e. The van der Waals surface area contributed by atoms with Gasteiger partial charge in [-0.15, -0.1) is 0 Å². The Morgan fingerprint density at radius 3 is 1.85 bits per heavy atom. The summed E-state index contributed by atoms with van der Waals surface area (Å²) in [5.74, 6) is -0.561. The molecule has 0 spiro atoms. The molecule has 0 heterocycles. The lowest BCUT2D eigenvalue weighted by molar-refractivity contribution is -0.0107. The largest absolute Gasteiger partial charge is 0.396 e. The van der Waals surface area contributed by atoms with E-state index >= 15 is 0 Å². The van der Waals surface area contributed by atoms with E-state index in [-0.39, 0.29) is 62.7 Å². The second kappa shape index (κ2) is 9.65. The summed E-state index contributed by atoms with van der Waals surface area (Å²) in [6.45, 7) is 0.317. The normalized spacial score (nSPS) is 35.5. The third-order valence-corrected chi connectivity index (χ3v) is 4.67. The molecule has 120 valence electrons. The Morgan fingerprint density at radius 1 is 0.750 bits per heavy atom. The van der Waals surface area contributed by atoms with E-state index in [0.29, 0.717) is 13.0 Å². The SMILES string of the molecule is OCCNC1CC[C@@H](CO)[C@@H](CO)[C@H](CO)[C@H](CO)C1. The van der Waals surface area contributed by atoms with E-state index in [9.17, 15) is 20.4 Å². The van der Waals surface area contributed by atoms with Crippen molar-refractivity contribution in [3.63, 3.8) is 0 Å². The minimum atomic E-state index is -0.208. The van der Waals surface area contributed by atoms with Crippen LogP contribution in [-0.2, 0) is 0 Å². The first-order valence-corrected chi connectivity index (χ1v) is 7.49. The summed E-state index contributed by atoms with van der Waals surface area (Å²) in [5, 5.41) is 50.5. The maximum absolute atomic E-state index is 9.62. The number of hydrogen-bond acceptors (Lipinski definition) is 6. The van der Waals surface area contributed by atoms with Crippen LogP contribution in [0.25, 0.3) is 0 Å². The lowest BCUT2D eigenvalue weighted by Crippen LogP contribution is -2.44. The number of rotatable bonds is 7. The van der Waals surface area contributed by atoms with E-state index in [0.717, 1.165) is 12.8 Å². The molecule has 0 aliphatic heterocycles. The molecule has 1 saturated carbocycles. The molecule has 1 fully saturated rings.